The normalized spacial score (nSPS) is 11.2. The first-order chi connectivity index (χ1) is 12.6. The number of phenols is 1. The highest BCUT2D eigenvalue weighted by atomic mass is 79.9. The highest BCUT2D eigenvalue weighted by Gasteiger charge is 2.09. The molecule has 1 aromatic heterocycles. The zero-order valence-electron chi connectivity index (χ0n) is 13.6. The van der Waals surface area contributed by atoms with Gasteiger partial charge in [-0.15, -0.1) is 11.3 Å². The van der Waals surface area contributed by atoms with Crippen molar-refractivity contribution in [1.82, 2.24) is 10.4 Å². The highest BCUT2D eigenvalue weighted by Crippen LogP contribution is 2.32. The first kappa shape index (κ1) is 18.7. The number of carbonyl (C=O) groups is 1. The third-order valence-electron chi connectivity index (χ3n) is 3.28. The zero-order chi connectivity index (χ0) is 18.5. The summed E-state index contributed by atoms with van der Waals surface area (Å²) in [5.41, 5.74) is 3.79. The minimum atomic E-state index is -0.257. The molecule has 0 saturated heterocycles. The second kappa shape index (κ2) is 8.52. The van der Waals surface area contributed by atoms with Crippen molar-refractivity contribution in [3.8, 4) is 11.5 Å². The van der Waals surface area contributed by atoms with Gasteiger partial charge in [-0.05, 0) is 24.3 Å². The molecule has 1 heterocycles. The van der Waals surface area contributed by atoms with Crippen LogP contribution < -0.4 is 10.2 Å². The number of carbonyl (C=O) groups excluding carboxylic acids is 1. The molecule has 26 heavy (non-hydrogen) atoms. The third kappa shape index (κ3) is 4.54. The topological polar surface area (TPSA) is 83.8 Å². The number of nitrogens with zero attached hydrogens (tertiary/aromatic N) is 2. The molecule has 3 aromatic rings. The van der Waals surface area contributed by atoms with Crippen molar-refractivity contribution in [3.05, 3.63) is 46.4 Å². The van der Waals surface area contributed by atoms with Crippen molar-refractivity contribution < 1.29 is 14.6 Å². The van der Waals surface area contributed by atoms with Gasteiger partial charge in [0.1, 0.15) is 0 Å². The number of rotatable bonds is 6. The molecule has 0 aliphatic heterocycles. The standard InChI is InChI=1S/C17H14BrN3O3S2/c1-24-13-7-11(18)6-10(16(13)23)8-19-21-15(22)9-25-17-20-12-4-2-3-5-14(12)26-17/h2-8,23H,9H2,1H3,(H,21,22)/b19-8-. The summed E-state index contributed by atoms with van der Waals surface area (Å²) in [6.45, 7) is 0. The van der Waals surface area contributed by atoms with Gasteiger partial charge >= 0.3 is 0 Å². The average molecular weight is 452 g/mol. The Morgan fingerprint density at radius 1 is 1.46 bits per heavy atom. The van der Waals surface area contributed by atoms with E-state index in [4.69, 9.17) is 4.74 Å². The number of hydrogen-bond donors (Lipinski definition) is 2. The molecule has 0 unspecified atom stereocenters. The van der Waals surface area contributed by atoms with Crippen LogP contribution in [0.25, 0.3) is 10.2 Å². The molecule has 134 valence electrons. The lowest BCUT2D eigenvalue weighted by atomic mass is 10.2. The lowest BCUT2D eigenvalue weighted by Crippen LogP contribution is -2.19. The lowest BCUT2D eigenvalue weighted by Gasteiger charge is -2.06. The maximum absolute atomic E-state index is 11.9. The number of fused-ring (bicyclic) bond motifs is 1. The predicted molar refractivity (Wildman–Crippen MR) is 108 cm³/mol. The van der Waals surface area contributed by atoms with Gasteiger partial charge in [0.25, 0.3) is 5.91 Å². The molecule has 0 aliphatic rings. The van der Waals surface area contributed by atoms with Gasteiger partial charge in [-0.2, -0.15) is 5.10 Å². The molecule has 2 aromatic carbocycles. The Kier molecular flexibility index (Phi) is 6.12. The first-order valence-corrected chi connectivity index (χ1v) is 10.0. The summed E-state index contributed by atoms with van der Waals surface area (Å²) >= 11 is 6.23. The van der Waals surface area contributed by atoms with E-state index in [0.29, 0.717) is 11.3 Å². The van der Waals surface area contributed by atoms with Crippen LogP contribution in [0.15, 0.2) is 50.3 Å². The smallest absolute Gasteiger partial charge is 0.250 e. The van der Waals surface area contributed by atoms with Gasteiger partial charge in [-0.3, -0.25) is 4.79 Å². The van der Waals surface area contributed by atoms with Crippen molar-refractivity contribution in [2.45, 2.75) is 4.34 Å². The first-order valence-electron chi connectivity index (χ1n) is 7.43. The fourth-order valence-electron chi connectivity index (χ4n) is 2.09. The van der Waals surface area contributed by atoms with Crippen molar-refractivity contribution in [2.75, 3.05) is 12.9 Å². The fourth-order valence-corrected chi connectivity index (χ4v) is 4.41. The van der Waals surface area contributed by atoms with Crippen LogP contribution in [0.4, 0.5) is 0 Å². The van der Waals surface area contributed by atoms with Crippen molar-refractivity contribution >= 4 is 61.4 Å². The number of thioether (sulfide) groups is 1. The van der Waals surface area contributed by atoms with E-state index in [1.165, 1.54) is 25.1 Å². The second-order valence-corrected chi connectivity index (χ2v) is 8.24. The van der Waals surface area contributed by atoms with E-state index in [2.05, 4.69) is 31.4 Å². The van der Waals surface area contributed by atoms with E-state index in [-0.39, 0.29) is 17.4 Å². The number of nitrogens with one attached hydrogen (secondary N) is 1. The molecule has 0 spiro atoms. The van der Waals surface area contributed by atoms with Crippen LogP contribution in [0, 0.1) is 0 Å². The van der Waals surface area contributed by atoms with Crippen LogP contribution in [0.1, 0.15) is 5.56 Å². The van der Waals surface area contributed by atoms with Crippen LogP contribution in [0.5, 0.6) is 11.5 Å². The maximum Gasteiger partial charge on any atom is 0.250 e. The van der Waals surface area contributed by atoms with E-state index >= 15 is 0 Å². The Morgan fingerprint density at radius 3 is 3.04 bits per heavy atom. The number of halogens is 1. The summed E-state index contributed by atoms with van der Waals surface area (Å²) in [6.07, 6.45) is 1.36. The summed E-state index contributed by atoms with van der Waals surface area (Å²) in [6, 6.07) is 11.1. The van der Waals surface area contributed by atoms with Crippen molar-refractivity contribution in [2.24, 2.45) is 5.10 Å². The van der Waals surface area contributed by atoms with E-state index in [0.717, 1.165) is 19.0 Å². The Hall–Kier alpha value is -2.10. The van der Waals surface area contributed by atoms with Crippen LogP contribution in [-0.2, 0) is 4.79 Å². The summed E-state index contributed by atoms with van der Waals surface area (Å²) in [7, 11) is 1.46. The summed E-state index contributed by atoms with van der Waals surface area (Å²) in [5.74, 6) is 0.216. The molecule has 0 radical (unpaired) electrons. The molecule has 9 heteroatoms. The monoisotopic (exact) mass is 451 g/mol. The van der Waals surface area contributed by atoms with E-state index < -0.39 is 0 Å². The molecule has 0 fully saturated rings. The molecular weight excluding hydrogens is 438 g/mol. The van der Waals surface area contributed by atoms with Crippen molar-refractivity contribution in [1.29, 1.82) is 0 Å². The SMILES string of the molecule is COc1cc(Br)cc(/C=N\NC(=O)CSc2nc3ccccc3s2)c1O. The van der Waals surface area contributed by atoms with E-state index in [9.17, 15) is 9.90 Å². The Balaban J connectivity index is 1.57. The number of benzene rings is 2. The van der Waals surface area contributed by atoms with Gasteiger partial charge in [0, 0.05) is 10.0 Å². The minimum Gasteiger partial charge on any atom is -0.504 e. The number of phenolic OH excluding ortho intramolecular Hbond substituents is 1. The zero-order valence-corrected chi connectivity index (χ0v) is 16.8. The van der Waals surface area contributed by atoms with Gasteiger partial charge in [0.2, 0.25) is 0 Å². The lowest BCUT2D eigenvalue weighted by molar-refractivity contribution is -0.118. The molecule has 3 rings (SSSR count). The number of amides is 1. The average Bonchev–Trinajstić information content (AvgIpc) is 3.05. The molecule has 1 amide bonds. The number of aromatic hydroxyl groups is 1. The number of para-hydroxylation sites is 1. The van der Waals surface area contributed by atoms with Crippen LogP contribution in [0.3, 0.4) is 0 Å². The fraction of sp³-hybridized carbons (Fsp3) is 0.118. The number of aromatic nitrogens is 1. The van der Waals surface area contributed by atoms with Gasteiger partial charge in [-0.1, -0.05) is 39.8 Å². The van der Waals surface area contributed by atoms with Crippen LogP contribution in [0.2, 0.25) is 0 Å². The van der Waals surface area contributed by atoms with Gasteiger partial charge in [0.05, 0.1) is 29.3 Å². The van der Waals surface area contributed by atoms with Crippen LogP contribution in [-0.4, -0.2) is 35.1 Å². The summed E-state index contributed by atoms with van der Waals surface area (Å²) in [4.78, 5) is 16.4. The molecule has 2 N–H and O–H groups in total. The maximum atomic E-state index is 11.9. The van der Waals surface area contributed by atoms with E-state index in [1.54, 1.807) is 23.5 Å². The number of hydrazone groups is 1. The molecule has 6 nitrogen and oxygen atoms in total. The molecule has 0 atom stereocenters. The summed E-state index contributed by atoms with van der Waals surface area (Å²) < 4.78 is 7.72. The van der Waals surface area contributed by atoms with E-state index in [1.807, 2.05) is 24.3 Å². The largest absolute Gasteiger partial charge is 0.504 e. The third-order valence-corrected chi connectivity index (χ3v) is 5.92. The quantitative estimate of drug-likeness (QED) is 0.336. The number of methoxy groups -OCH3 is 1. The Morgan fingerprint density at radius 2 is 2.27 bits per heavy atom. The number of thiazole rings is 1. The molecule has 0 aliphatic carbocycles. The minimum absolute atomic E-state index is 0.0439. The van der Waals surface area contributed by atoms with Gasteiger partial charge in [0.15, 0.2) is 15.8 Å². The highest BCUT2D eigenvalue weighted by molar-refractivity contribution is 9.10. The molecule has 0 bridgehead atoms. The molecular formula is C17H14BrN3O3S2. The van der Waals surface area contributed by atoms with Gasteiger partial charge < -0.3 is 9.84 Å². The Labute approximate surface area is 166 Å². The Bertz CT molecular complexity index is 942. The van der Waals surface area contributed by atoms with Gasteiger partial charge in [-0.25, -0.2) is 10.4 Å². The van der Waals surface area contributed by atoms with Crippen molar-refractivity contribution in [3.63, 3.8) is 0 Å². The van der Waals surface area contributed by atoms with Crippen LogP contribution >= 0.6 is 39.0 Å². The number of ether oxygens (including phenoxy) is 1. The number of hydrogen-bond acceptors (Lipinski definition) is 7. The summed E-state index contributed by atoms with van der Waals surface area (Å²) in [5, 5.41) is 13.9. The second-order valence-electron chi connectivity index (χ2n) is 5.08. The molecule has 0 saturated carbocycles. The predicted octanol–water partition coefficient (Wildman–Crippen LogP) is 4.02.